The molecule has 1 N–H and O–H groups in total. The van der Waals surface area contributed by atoms with Crippen molar-refractivity contribution < 1.29 is 14.7 Å². The van der Waals surface area contributed by atoms with Gasteiger partial charge in [0.15, 0.2) is 0 Å². The number of hydrogen-bond acceptors (Lipinski definition) is 4. The summed E-state index contributed by atoms with van der Waals surface area (Å²) in [5, 5.41) is 17.2. The number of rotatable bonds is 3. The third kappa shape index (κ3) is 1.90. The summed E-state index contributed by atoms with van der Waals surface area (Å²) in [6, 6.07) is 0. The largest absolute Gasteiger partial charge is 0.478 e. The highest BCUT2D eigenvalue weighted by Crippen LogP contribution is 2.27. The van der Waals surface area contributed by atoms with Crippen LogP contribution in [-0.4, -0.2) is 32.2 Å². The summed E-state index contributed by atoms with van der Waals surface area (Å²) in [5.74, 6) is -1.00. The highest BCUT2D eigenvalue weighted by molar-refractivity contribution is 6.05. The third-order valence-electron chi connectivity index (χ3n) is 2.87. The molecule has 0 bridgehead atoms. The van der Waals surface area contributed by atoms with Crippen molar-refractivity contribution in [2.45, 2.75) is 32.3 Å². The second kappa shape index (κ2) is 3.87. The van der Waals surface area contributed by atoms with E-state index in [0.29, 0.717) is 5.71 Å². The van der Waals surface area contributed by atoms with E-state index in [9.17, 15) is 4.79 Å². The highest BCUT2D eigenvalue weighted by Gasteiger charge is 2.43. The molecule has 0 fully saturated rings. The van der Waals surface area contributed by atoms with Crippen LogP contribution in [0.25, 0.3) is 0 Å². The molecule has 1 aromatic rings. The number of carboxylic acid groups (broad SMARTS) is 1. The van der Waals surface area contributed by atoms with Gasteiger partial charge in [-0.05, 0) is 13.3 Å². The molecule has 0 amide bonds. The lowest BCUT2D eigenvalue weighted by Crippen LogP contribution is -2.35. The van der Waals surface area contributed by atoms with Crippen LogP contribution in [0.15, 0.2) is 11.4 Å². The lowest BCUT2D eigenvalue weighted by Gasteiger charge is -2.14. The van der Waals surface area contributed by atoms with Crippen LogP contribution in [0.1, 0.15) is 31.5 Å². The van der Waals surface area contributed by atoms with Gasteiger partial charge < -0.3 is 9.94 Å². The van der Waals surface area contributed by atoms with Crippen molar-refractivity contribution in [3.05, 3.63) is 17.5 Å². The Morgan fingerprint density at radius 3 is 2.94 bits per heavy atom. The summed E-state index contributed by atoms with van der Waals surface area (Å²) >= 11 is 0. The van der Waals surface area contributed by atoms with Crippen molar-refractivity contribution >= 4 is 11.7 Å². The van der Waals surface area contributed by atoms with Crippen molar-refractivity contribution in [3.8, 4) is 0 Å². The van der Waals surface area contributed by atoms with Crippen LogP contribution in [0.3, 0.4) is 0 Å². The minimum Gasteiger partial charge on any atom is -0.478 e. The van der Waals surface area contributed by atoms with Gasteiger partial charge in [0, 0.05) is 25.2 Å². The number of aliphatic carboxylic acids is 1. The van der Waals surface area contributed by atoms with Gasteiger partial charge >= 0.3 is 5.97 Å². The van der Waals surface area contributed by atoms with E-state index in [1.807, 2.05) is 20.2 Å². The van der Waals surface area contributed by atoms with E-state index in [-0.39, 0.29) is 6.42 Å². The van der Waals surface area contributed by atoms with Crippen molar-refractivity contribution in [1.82, 2.24) is 9.78 Å². The fourth-order valence-corrected chi connectivity index (χ4v) is 1.84. The Bertz CT molecular complexity index is 492. The molecule has 0 aromatic carbocycles. The van der Waals surface area contributed by atoms with Gasteiger partial charge in [0.1, 0.15) is 0 Å². The number of carbonyl (C=O) groups is 1. The minimum absolute atomic E-state index is 0.265. The Kier molecular flexibility index (Phi) is 2.65. The van der Waals surface area contributed by atoms with Crippen molar-refractivity contribution in [2.75, 3.05) is 0 Å². The second-order valence-electron chi connectivity index (χ2n) is 4.36. The van der Waals surface area contributed by atoms with Crippen molar-refractivity contribution in [2.24, 2.45) is 12.2 Å². The average Bonchev–Trinajstić information content (AvgIpc) is 2.82. The Balaban J connectivity index is 2.29. The molecular weight excluding hydrogens is 222 g/mol. The van der Waals surface area contributed by atoms with Crippen LogP contribution >= 0.6 is 0 Å². The fraction of sp³-hybridized carbons (Fsp3) is 0.545. The van der Waals surface area contributed by atoms with Gasteiger partial charge in [-0.2, -0.15) is 5.10 Å². The van der Waals surface area contributed by atoms with Crippen LogP contribution in [-0.2, 0) is 23.1 Å². The molecule has 6 nitrogen and oxygen atoms in total. The maximum Gasteiger partial charge on any atom is 0.351 e. The first-order chi connectivity index (χ1) is 7.96. The summed E-state index contributed by atoms with van der Waals surface area (Å²) < 4.78 is 1.70. The lowest BCUT2D eigenvalue weighted by molar-refractivity contribution is -0.160. The molecule has 1 atom stereocenters. The molecule has 2 heterocycles. The molecule has 0 spiro atoms. The maximum atomic E-state index is 11.0. The topological polar surface area (TPSA) is 76.7 Å². The van der Waals surface area contributed by atoms with E-state index < -0.39 is 11.6 Å². The third-order valence-corrected chi connectivity index (χ3v) is 2.87. The molecule has 0 saturated heterocycles. The number of oxime groups is 1. The number of aryl methyl sites for hydroxylation is 2. The first-order valence-corrected chi connectivity index (χ1v) is 5.47. The Morgan fingerprint density at radius 2 is 2.41 bits per heavy atom. The summed E-state index contributed by atoms with van der Waals surface area (Å²) in [7, 11) is 1.83. The van der Waals surface area contributed by atoms with E-state index in [4.69, 9.17) is 9.94 Å². The standard InChI is InChI=1S/C11H15N3O3/c1-4-8-7(6-14(3)12-8)9-5-11(2,10(15)16)17-13-9/h6H,4-5H2,1-3H3,(H,15,16). The predicted molar refractivity (Wildman–Crippen MR) is 60.9 cm³/mol. The normalized spacial score (nSPS) is 23.4. The Hall–Kier alpha value is -1.85. The molecule has 1 aromatic heterocycles. The SMILES string of the molecule is CCc1nn(C)cc1C1=NOC(C)(C(=O)O)C1. The van der Waals surface area contributed by atoms with E-state index >= 15 is 0 Å². The van der Waals surface area contributed by atoms with E-state index in [2.05, 4.69) is 10.3 Å². The number of aromatic nitrogens is 2. The molecule has 2 rings (SSSR count). The maximum absolute atomic E-state index is 11.0. The van der Waals surface area contributed by atoms with Gasteiger partial charge in [-0.3, -0.25) is 4.68 Å². The predicted octanol–water partition coefficient (Wildman–Crippen LogP) is 0.950. The van der Waals surface area contributed by atoms with Gasteiger partial charge in [0.25, 0.3) is 0 Å². The summed E-state index contributed by atoms with van der Waals surface area (Å²) in [4.78, 5) is 16.1. The van der Waals surface area contributed by atoms with Crippen LogP contribution in [0.5, 0.6) is 0 Å². The summed E-state index contributed by atoms with van der Waals surface area (Å²) in [5.41, 5.74) is 1.18. The van der Waals surface area contributed by atoms with E-state index in [1.54, 1.807) is 4.68 Å². The van der Waals surface area contributed by atoms with E-state index in [1.165, 1.54) is 6.92 Å². The minimum atomic E-state index is -1.25. The Morgan fingerprint density at radius 1 is 1.71 bits per heavy atom. The molecule has 0 aliphatic carbocycles. The monoisotopic (exact) mass is 237 g/mol. The summed E-state index contributed by atoms with van der Waals surface area (Å²) in [6.07, 6.45) is 2.88. The molecule has 0 saturated carbocycles. The molecule has 92 valence electrons. The fourth-order valence-electron chi connectivity index (χ4n) is 1.84. The van der Waals surface area contributed by atoms with Gasteiger partial charge in [-0.25, -0.2) is 4.79 Å². The lowest BCUT2D eigenvalue weighted by atomic mass is 9.96. The van der Waals surface area contributed by atoms with Crippen molar-refractivity contribution in [3.63, 3.8) is 0 Å². The quantitative estimate of drug-likeness (QED) is 0.849. The molecule has 6 heteroatoms. The second-order valence-corrected chi connectivity index (χ2v) is 4.36. The molecule has 1 unspecified atom stereocenters. The number of nitrogens with zero attached hydrogens (tertiary/aromatic N) is 3. The molecular formula is C11H15N3O3. The van der Waals surface area contributed by atoms with Gasteiger partial charge in [-0.1, -0.05) is 12.1 Å². The van der Waals surface area contributed by atoms with Crippen LogP contribution in [0.4, 0.5) is 0 Å². The summed E-state index contributed by atoms with van der Waals surface area (Å²) in [6.45, 7) is 3.52. The first kappa shape index (κ1) is 11.6. The zero-order valence-corrected chi connectivity index (χ0v) is 10.1. The Labute approximate surface area is 98.9 Å². The van der Waals surface area contributed by atoms with Gasteiger partial charge in [-0.15, -0.1) is 0 Å². The zero-order valence-electron chi connectivity index (χ0n) is 10.1. The van der Waals surface area contributed by atoms with Gasteiger partial charge in [0.2, 0.25) is 5.60 Å². The van der Waals surface area contributed by atoms with E-state index in [0.717, 1.165) is 17.7 Å². The number of carboxylic acids is 1. The molecule has 0 radical (unpaired) electrons. The van der Waals surface area contributed by atoms with Crippen LogP contribution < -0.4 is 0 Å². The van der Waals surface area contributed by atoms with Crippen LogP contribution in [0.2, 0.25) is 0 Å². The van der Waals surface area contributed by atoms with Gasteiger partial charge in [0.05, 0.1) is 11.4 Å². The smallest absolute Gasteiger partial charge is 0.351 e. The van der Waals surface area contributed by atoms with Crippen molar-refractivity contribution in [1.29, 1.82) is 0 Å². The number of hydrogen-bond donors (Lipinski definition) is 1. The van der Waals surface area contributed by atoms with Crippen LogP contribution in [0, 0.1) is 0 Å². The first-order valence-electron chi connectivity index (χ1n) is 5.47. The molecule has 1 aliphatic rings. The molecule has 17 heavy (non-hydrogen) atoms. The highest BCUT2D eigenvalue weighted by atomic mass is 16.7. The molecule has 1 aliphatic heterocycles. The zero-order chi connectivity index (χ0) is 12.6. The average molecular weight is 237 g/mol.